The first-order chi connectivity index (χ1) is 13.2. The van der Waals surface area contributed by atoms with Gasteiger partial charge in [0, 0.05) is 23.8 Å². The number of aliphatic carboxylic acids is 1. The lowest BCUT2D eigenvalue weighted by molar-refractivity contribution is -0.169. The molecule has 8 heteroatoms. The van der Waals surface area contributed by atoms with Crippen molar-refractivity contribution in [3.63, 3.8) is 0 Å². The number of carboxylic acid groups (broad SMARTS) is 1. The highest BCUT2D eigenvalue weighted by Gasteiger charge is 2.47. The Labute approximate surface area is 160 Å². The summed E-state index contributed by atoms with van der Waals surface area (Å²) in [4.78, 5) is 12.5. The minimum atomic E-state index is -4.35. The molecule has 0 unspecified atom stereocenters. The van der Waals surface area contributed by atoms with Gasteiger partial charge in [-0.3, -0.25) is 4.79 Å². The highest BCUT2D eigenvalue weighted by molar-refractivity contribution is 5.69. The number of hydrogen-bond donors (Lipinski definition) is 2. The topological polar surface area (TPSA) is 70.0 Å². The van der Waals surface area contributed by atoms with Crippen molar-refractivity contribution in [1.29, 1.82) is 0 Å². The van der Waals surface area contributed by atoms with Crippen LogP contribution in [0.3, 0.4) is 0 Å². The lowest BCUT2D eigenvalue weighted by atomic mass is 10.0. The number of halogens is 3. The third kappa shape index (κ3) is 4.68. The molecule has 28 heavy (non-hydrogen) atoms. The molecule has 0 aromatic heterocycles. The van der Waals surface area contributed by atoms with Gasteiger partial charge in [-0.15, -0.1) is 0 Å². The Morgan fingerprint density at radius 3 is 2.43 bits per heavy atom. The Kier molecular flexibility index (Phi) is 5.67. The average Bonchev–Trinajstić information content (AvgIpc) is 3.05. The molecule has 1 saturated heterocycles. The van der Waals surface area contributed by atoms with Gasteiger partial charge in [0.2, 0.25) is 0 Å². The SMILES string of the molecule is O=C(O)C[C@@H]1C[C@H](C(F)(F)F)CN1c1ccc(OCc2ccccc2O)cc1. The standard InChI is InChI=1S/C20H20F3NO4/c21-20(22,23)14-9-16(10-19(26)27)24(11-14)15-5-7-17(8-6-15)28-12-13-3-1-2-4-18(13)25/h1-8,14,16,25H,9-12H2,(H,26,27)/t14-,16-/m0/s1. The van der Waals surface area contributed by atoms with Crippen molar-refractivity contribution >= 4 is 11.7 Å². The summed E-state index contributed by atoms with van der Waals surface area (Å²) in [6.07, 6.45) is -4.94. The van der Waals surface area contributed by atoms with Crippen molar-refractivity contribution in [1.82, 2.24) is 0 Å². The summed E-state index contributed by atoms with van der Waals surface area (Å²) >= 11 is 0. The predicted octanol–water partition coefficient (Wildman–Crippen LogP) is 4.20. The van der Waals surface area contributed by atoms with Crippen LogP contribution < -0.4 is 9.64 Å². The van der Waals surface area contributed by atoms with E-state index in [1.807, 2.05) is 0 Å². The highest BCUT2D eigenvalue weighted by atomic mass is 19.4. The van der Waals surface area contributed by atoms with E-state index in [1.54, 1.807) is 48.5 Å². The molecule has 3 rings (SSSR count). The number of aromatic hydroxyl groups is 1. The smallest absolute Gasteiger partial charge is 0.393 e. The minimum absolute atomic E-state index is 0.117. The van der Waals surface area contributed by atoms with Gasteiger partial charge in [-0.2, -0.15) is 13.2 Å². The maximum absolute atomic E-state index is 13.1. The van der Waals surface area contributed by atoms with Crippen LogP contribution in [0.25, 0.3) is 0 Å². The molecule has 1 fully saturated rings. The minimum Gasteiger partial charge on any atom is -0.508 e. The Morgan fingerprint density at radius 2 is 1.82 bits per heavy atom. The van der Waals surface area contributed by atoms with Gasteiger partial charge < -0.3 is 19.8 Å². The molecule has 150 valence electrons. The van der Waals surface area contributed by atoms with Gasteiger partial charge in [-0.05, 0) is 36.8 Å². The summed E-state index contributed by atoms with van der Waals surface area (Å²) in [7, 11) is 0. The van der Waals surface area contributed by atoms with Gasteiger partial charge in [-0.1, -0.05) is 18.2 Å². The van der Waals surface area contributed by atoms with Crippen LogP contribution in [0.2, 0.25) is 0 Å². The number of ether oxygens (including phenoxy) is 1. The first kappa shape index (κ1) is 19.9. The van der Waals surface area contributed by atoms with Crippen molar-refractivity contribution < 1.29 is 32.9 Å². The molecule has 2 atom stereocenters. The van der Waals surface area contributed by atoms with E-state index in [0.29, 0.717) is 17.0 Å². The van der Waals surface area contributed by atoms with E-state index in [9.17, 15) is 23.1 Å². The van der Waals surface area contributed by atoms with Crippen LogP contribution in [0.4, 0.5) is 18.9 Å². The van der Waals surface area contributed by atoms with Crippen LogP contribution >= 0.6 is 0 Å². The number of phenols is 1. The summed E-state index contributed by atoms with van der Waals surface area (Å²) in [6.45, 7) is -0.118. The van der Waals surface area contributed by atoms with Crippen LogP contribution in [0.5, 0.6) is 11.5 Å². The Bertz CT molecular complexity index is 823. The summed E-state index contributed by atoms with van der Waals surface area (Å²) in [5.41, 5.74) is 1.13. The summed E-state index contributed by atoms with van der Waals surface area (Å²) in [6, 6.07) is 12.5. The van der Waals surface area contributed by atoms with Gasteiger partial charge >= 0.3 is 12.1 Å². The number of hydrogen-bond acceptors (Lipinski definition) is 4. The van der Waals surface area contributed by atoms with E-state index in [-0.39, 0.29) is 31.7 Å². The van der Waals surface area contributed by atoms with Crippen LogP contribution in [0, 0.1) is 5.92 Å². The van der Waals surface area contributed by atoms with Crippen LogP contribution in [0.15, 0.2) is 48.5 Å². The molecule has 2 N–H and O–H groups in total. The third-order valence-corrected chi connectivity index (χ3v) is 4.84. The summed E-state index contributed by atoms with van der Waals surface area (Å²) in [5, 5.41) is 18.8. The number of benzene rings is 2. The first-order valence-electron chi connectivity index (χ1n) is 8.79. The molecule has 0 radical (unpaired) electrons. The van der Waals surface area contributed by atoms with Crippen molar-refractivity contribution in [2.45, 2.75) is 31.7 Å². The number of para-hydroxylation sites is 1. The zero-order valence-electron chi connectivity index (χ0n) is 14.9. The fourth-order valence-corrected chi connectivity index (χ4v) is 3.39. The maximum atomic E-state index is 13.1. The number of alkyl halides is 3. The molecule has 1 aliphatic rings. The molecule has 0 aliphatic carbocycles. The van der Waals surface area contributed by atoms with Crippen LogP contribution in [-0.2, 0) is 11.4 Å². The number of carboxylic acids is 1. The second kappa shape index (κ2) is 8.00. The lowest BCUT2D eigenvalue weighted by Gasteiger charge is -2.26. The maximum Gasteiger partial charge on any atom is 0.393 e. The lowest BCUT2D eigenvalue weighted by Crippen LogP contribution is -2.32. The molecular weight excluding hydrogens is 375 g/mol. The average molecular weight is 395 g/mol. The molecular formula is C20H20F3NO4. The van der Waals surface area contributed by atoms with E-state index in [1.165, 1.54) is 4.90 Å². The van der Waals surface area contributed by atoms with Gasteiger partial charge in [0.1, 0.15) is 18.1 Å². The van der Waals surface area contributed by atoms with Crippen molar-refractivity contribution in [3.05, 3.63) is 54.1 Å². The van der Waals surface area contributed by atoms with Gasteiger partial charge in [0.25, 0.3) is 0 Å². The number of anilines is 1. The quantitative estimate of drug-likeness (QED) is 0.767. The highest BCUT2D eigenvalue weighted by Crippen LogP contribution is 2.40. The fourth-order valence-electron chi connectivity index (χ4n) is 3.39. The van der Waals surface area contributed by atoms with E-state index in [4.69, 9.17) is 9.84 Å². The van der Waals surface area contributed by atoms with Crippen LogP contribution in [-0.4, -0.2) is 34.9 Å². The van der Waals surface area contributed by atoms with E-state index in [0.717, 1.165) is 0 Å². The molecule has 2 aromatic carbocycles. The van der Waals surface area contributed by atoms with Crippen molar-refractivity contribution in [2.24, 2.45) is 5.92 Å². The third-order valence-electron chi connectivity index (χ3n) is 4.84. The second-order valence-corrected chi connectivity index (χ2v) is 6.79. The van der Waals surface area contributed by atoms with E-state index in [2.05, 4.69) is 0 Å². The van der Waals surface area contributed by atoms with Gasteiger partial charge in [0.05, 0.1) is 12.3 Å². The number of carbonyl (C=O) groups is 1. The summed E-state index contributed by atoms with van der Waals surface area (Å²) < 4.78 is 44.9. The number of phenolic OH excluding ortho intramolecular Hbond substituents is 1. The molecule has 0 spiro atoms. The zero-order chi connectivity index (χ0) is 20.3. The number of rotatable bonds is 6. The normalized spacial score (nSPS) is 19.6. The monoisotopic (exact) mass is 395 g/mol. The summed E-state index contributed by atoms with van der Waals surface area (Å²) in [5.74, 6) is -2.06. The Hall–Kier alpha value is -2.90. The molecule has 5 nitrogen and oxygen atoms in total. The molecule has 0 saturated carbocycles. The first-order valence-corrected chi connectivity index (χ1v) is 8.79. The van der Waals surface area contributed by atoms with Crippen molar-refractivity contribution in [2.75, 3.05) is 11.4 Å². The molecule has 1 aliphatic heterocycles. The van der Waals surface area contributed by atoms with Crippen LogP contribution in [0.1, 0.15) is 18.4 Å². The molecule has 2 aromatic rings. The molecule has 0 amide bonds. The Morgan fingerprint density at radius 1 is 1.14 bits per heavy atom. The Balaban J connectivity index is 1.70. The zero-order valence-corrected chi connectivity index (χ0v) is 14.9. The fraction of sp³-hybridized carbons (Fsp3) is 0.350. The van der Waals surface area contributed by atoms with Gasteiger partial charge in [0.15, 0.2) is 0 Å². The number of nitrogens with zero attached hydrogens (tertiary/aromatic N) is 1. The largest absolute Gasteiger partial charge is 0.508 e. The molecule has 0 bridgehead atoms. The predicted molar refractivity (Wildman–Crippen MR) is 96.4 cm³/mol. The van der Waals surface area contributed by atoms with Crippen molar-refractivity contribution in [3.8, 4) is 11.5 Å². The van der Waals surface area contributed by atoms with E-state index >= 15 is 0 Å². The van der Waals surface area contributed by atoms with E-state index < -0.39 is 24.1 Å². The molecule has 1 heterocycles. The second-order valence-electron chi connectivity index (χ2n) is 6.79. The van der Waals surface area contributed by atoms with Gasteiger partial charge in [-0.25, -0.2) is 0 Å².